The zero-order valence-corrected chi connectivity index (χ0v) is 16.6. The first-order valence-electron chi connectivity index (χ1n) is 9.12. The highest BCUT2D eigenvalue weighted by atomic mass is 16.5. The highest BCUT2D eigenvalue weighted by Crippen LogP contribution is 2.21. The van der Waals surface area contributed by atoms with Crippen LogP contribution in [0, 0.1) is 6.92 Å². The summed E-state index contributed by atoms with van der Waals surface area (Å²) in [5, 5.41) is 6.64. The molecule has 0 atom stereocenters. The summed E-state index contributed by atoms with van der Waals surface area (Å²) in [4.78, 5) is 26.3. The largest absolute Gasteiger partial charge is 0.383 e. The number of methoxy groups -OCH3 is 2. The highest BCUT2D eigenvalue weighted by Gasteiger charge is 2.21. The molecule has 0 aliphatic heterocycles. The third-order valence-electron chi connectivity index (χ3n) is 4.16. The fourth-order valence-corrected chi connectivity index (χ4v) is 2.53. The molecule has 1 aromatic carbocycles. The van der Waals surface area contributed by atoms with Crippen LogP contribution in [0.25, 0.3) is 11.3 Å². The Labute approximate surface area is 164 Å². The third kappa shape index (κ3) is 6.47. The highest BCUT2D eigenvalue weighted by molar-refractivity contribution is 5.93. The van der Waals surface area contributed by atoms with Crippen LogP contribution in [0.3, 0.4) is 0 Å². The Bertz CT molecular complexity index is 757. The summed E-state index contributed by atoms with van der Waals surface area (Å²) < 4.78 is 15.3. The number of carbonyl (C=O) groups excluding carboxylic acids is 2. The molecule has 1 N–H and O–H groups in total. The zero-order valence-electron chi connectivity index (χ0n) is 16.6. The van der Waals surface area contributed by atoms with Crippen molar-refractivity contribution >= 4 is 11.8 Å². The van der Waals surface area contributed by atoms with Crippen molar-refractivity contribution in [2.24, 2.45) is 0 Å². The van der Waals surface area contributed by atoms with E-state index in [9.17, 15) is 9.59 Å². The molecule has 0 saturated heterocycles. The Balaban J connectivity index is 2.01. The molecule has 1 heterocycles. The SMILES string of the molecule is COCCNC(=O)CCN(CCOC)C(=O)c1cc(-c2ccc(C)cc2)on1. The molecule has 2 amide bonds. The lowest BCUT2D eigenvalue weighted by molar-refractivity contribution is -0.121. The maximum absolute atomic E-state index is 12.8. The van der Waals surface area contributed by atoms with E-state index >= 15 is 0 Å². The predicted octanol–water partition coefficient (Wildman–Crippen LogP) is 1.89. The van der Waals surface area contributed by atoms with Gasteiger partial charge in [-0.1, -0.05) is 35.0 Å². The van der Waals surface area contributed by atoms with E-state index in [1.165, 1.54) is 4.90 Å². The molecule has 0 fully saturated rings. The fourth-order valence-electron chi connectivity index (χ4n) is 2.53. The number of ether oxygens (including phenoxy) is 2. The van der Waals surface area contributed by atoms with Gasteiger partial charge in [-0.15, -0.1) is 0 Å². The number of nitrogens with one attached hydrogen (secondary N) is 1. The van der Waals surface area contributed by atoms with E-state index < -0.39 is 0 Å². The predicted molar refractivity (Wildman–Crippen MR) is 104 cm³/mol. The van der Waals surface area contributed by atoms with E-state index in [4.69, 9.17) is 14.0 Å². The molecule has 2 rings (SSSR count). The zero-order chi connectivity index (χ0) is 20.4. The Morgan fingerprint density at radius 3 is 2.50 bits per heavy atom. The minimum Gasteiger partial charge on any atom is -0.383 e. The maximum atomic E-state index is 12.8. The summed E-state index contributed by atoms with van der Waals surface area (Å²) >= 11 is 0. The minimum atomic E-state index is -0.302. The lowest BCUT2D eigenvalue weighted by atomic mass is 10.1. The number of hydrogen-bond acceptors (Lipinski definition) is 6. The molecule has 0 saturated carbocycles. The Morgan fingerprint density at radius 2 is 1.82 bits per heavy atom. The summed E-state index contributed by atoms with van der Waals surface area (Å²) in [7, 11) is 3.13. The van der Waals surface area contributed by atoms with Crippen molar-refractivity contribution in [2.75, 3.05) is 47.1 Å². The first kappa shape index (κ1) is 21.6. The van der Waals surface area contributed by atoms with Gasteiger partial charge in [-0.05, 0) is 6.92 Å². The monoisotopic (exact) mass is 389 g/mol. The molecule has 8 heteroatoms. The molecule has 0 bridgehead atoms. The average Bonchev–Trinajstić information content (AvgIpc) is 3.18. The lowest BCUT2D eigenvalue weighted by Crippen LogP contribution is -2.38. The first-order chi connectivity index (χ1) is 13.5. The summed E-state index contributed by atoms with van der Waals surface area (Å²) in [5.74, 6) is 0.0731. The van der Waals surface area contributed by atoms with Crippen LogP contribution in [-0.2, 0) is 14.3 Å². The number of nitrogens with zero attached hydrogens (tertiary/aromatic N) is 2. The van der Waals surface area contributed by atoms with Crippen molar-refractivity contribution < 1.29 is 23.6 Å². The number of benzene rings is 1. The van der Waals surface area contributed by atoms with Crippen LogP contribution >= 0.6 is 0 Å². The first-order valence-corrected chi connectivity index (χ1v) is 9.12. The van der Waals surface area contributed by atoms with Crippen molar-refractivity contribution in [1.29, 1.82) is 0 Å². The number of amides is 2. The smallest absolute Gasteiger partial charge is 0.276 e. The second-order valence-electron chi connectivity index (χ2n) is 6.32. The molecule has 8 nitrogen and oxygen atoms in total. The van der Waals surface area contributed by atoms with Crippen LogP contribution in [-0.4, -0.2) is 68.9 Å². The molecule has 0 aliphatic rings. The second-order valence-corrected chi connectivity index (χ2v) is 6.32. The normalized spacial score (nSPS) is 10.7. The van der Waals surface area contributed by atoms with Crippen molar-refractivity contribution in [3.63, 3.8) is 0 Å². The van der Waals surface area contributed by atoms with Crippen molar-refractivity contribution in [1.82, 2.24) is 15.4 Å². The van der Waals surface area contributed by atoms with Gasteiger partial charge >= 0.3 is 0 Å². The minimum absolute atomic E-state index is 0.146. The van der Waals surface area contributed by atoms with Crippen LogP contribution in [0.1, 0.15) is 22.5 Å². The molecule has 0 spiro atoms. The number of aromatic nitrogens is 1. The molecule has 2 aromatic rings. The number of carbonyl (C=O) groups is 2. The second kappa shape index (κ2) is 11.2. The Kier molecular flexibility index (Phi) is 8.64. The van der Waals surface area contributed by atoms with Crippen LogP contribution in [0.2, 0.25) is 0 Å². The molecular weight excluding hydrogens is 362 g/mol. The van der Waals surface area contributed by atoms with Gasteiger partial charge in [-0.2, -0.15) is 0 Å². The third-order valence-corrected chi connectivity index (χ3v) is 4.16. The van der Waals surface area contributed by atoms with E-state index in [-0.39, 0.29) is 30.5 Å². The maximum Gasteiger partial charge on any atom is 0.276 e. The average molecular weight is 389 g/mol. The number of aryl methyl sites for hydroxylation is 1. The number of hydrogen-bond donors (Lipinski definition) is 1. The Morgan fingerprint density at radius 1 is 1.11 bits per heavy atom. The molecule has 152 valence electrons. The van der Waals surface area contributed by atoms with Crippen LogP contribution in [0.15, 0.2) is 34.9 Å². The Hall–Kier alpha value is -2.71. The van der Waals surface area contributed by atoms with Gasteiger partial charge in [0.05, 0.1) is 13.2 Å². The molecule has 0 aliphatic carbocycles. The molecule has 0 radical (unpaired) electrons. The van der Waals surface area contributed by atoms with Crippen molar-refractivity contribution in [3.05, 3.63) is 41.6 Å². The van der Waals surface area contributed by atoms with E-state index in [1.807, 2.05) is 31.2 Å². The lowest BCUT2D eigenvalue weighted by Gasteiger charge is -2.21. The van der Waals surface area contributed by atoms with Gasteiger partial charge in [-0.3, -0.25) is 9.59 Å². The van der Waals surface area contributed by atoms with Gasteiger partial charge in [0.15, 0.2) is 11.5 Å². The molecule has 1 aromatic heterocycles. The number of rotatable bonds is 11. The van der Waals surface area contributed by atoms with E-state index in [0.717, 1.165) is 11.1 Å². The van der Waals surface area contributed by atoms with E-state index in [0.29, 0.717) is 32.1 Å². The van der Waals surface area contributed by atoms with Crippen LogP contribution in [0.5, 0.6) is 0 Å². The van der Waals surface area contributed by atoms with Gasteiger partial charge in [0, 0.05) is 51.9 Å². The van der Waals surface area contributed by atoms with Gasteiger partial charge in [0.1, 0.15) is 0 Å². The van der Waals surface area contributed by atoms with Crippen molar-refractivity contribution in [2.45, 2.75) is 13.3 Å². The van der Waals surface area contributed by atoms with Crippen molar-refractivity contribution in [3.8, 4) is 11.3 Å². The van der Waals surface area contributed by atoms with Gasteiger partial charge in [-0.25, -0.2) is 0 Å². The summed E-state index contributed by atoms with van der Waals surface area (Å²) in [5.41, 5.74) is 2.18. The van der Waals surface area contributed by atoms with Gasteiger partial charge in [0.2, 0.25) is 5.91 Å². The molecule has 28 heavy (non-hydrogen) atoms. The molecular formula is C20H27N3O5. The van der Waals surface area contributed by atoms with Crippen LogP contribution in [0.4, 0.5) is 0 Å². The van der Waals surface area contributed by atoms with Gasteiger partial charge < -0.3 is 24.2 Å². The van der Waals surface area contributed by atoms with Gasteiger partial charge in [0.25, 0.3) is 5.91 Å². The topological polar surface area (TPSA) is 93.9 Å². The standard InChI is InChI=1S/C20H27N3O5/c1-15-4-6-16(7-5-15)18-14-17(22-28-18)20(25)23(11-13-27-3)10-8-19(24)21-9-12-26-2/h4-7,14H,8-13H2,1-3H3,(H,21,24). The summed E-state index contributed by atoms with van der Waals surface area (Å²) in [6.45, 7) is 3.85. The summed E-state index contributed by atoms with van der Waals surface area (Å²) in [6, 6.07) is 9.37. The molecule has 0 unspecified atom stereocenters. The quantitative estimate of drug-likeness (QED) is 0.590. The van der Waals surface area contributed by atoms with Crippen LogP contribution < -0.4 is 5.32 Å². The van der Waals surface area contributed by atoms with E-state index in [2.05, 4.69) is 10.5 Å². The van der Waals surface area contributed by atoms with E-state index in [1.54, 1.807) is 20.3 Å². The fraction of sp³-hybridized carbons (Fsp3) is 0.450. The summed E-state index contributed by atoms with van der Waals surface area (Å²) in [6.07, 6.45) is 0.182.